The zero-order valence-corrected chi connectivity index (χ0v) is 11.3. The number of rotatable bonds is 4. The van der Waals surface area contributed by atoms with Crippen molar-refractivity contribution < 1.29 is 9.53 Å². The summed E-state index contributed by atoms with van der Waals surface area (Å²) >= 11 is 0. The third-order valence-electron chi connectivity index (χ3n) is 2.77. The second kappa shape index (κ2) is 5.89. The van der Waals surface area contributed by atoms with E-state index in [0.29, 0.717) is 17.1 Å². The van der Waals surface area contributed by atoms with E-state index >= 15 is 0 Å². The van der Waals surface area contributed by atoms with Gasteiger partial charge in [0.1, 0.15) is 23.2 Å². The number of hydrogen-bond donors (Lipinski definition) is 1. The molecule has 1 aromatic carbocycles. The quantitative estimate of drug-likeness (QED) is 0.915. The van der Waals surface area contributed by atoms with Crippen molar-refractivity contribution >= 4 is 11.7 Å². The minimum absolute atomic E-state index is 0.124. The van der Waals surface area contributed by atoms with Gasteiger partial charge < -0.3 is 10.1 Å². The van der Waals surface area contributed by atoms with Gasteiger partial charge in [0, 0.05) is 7.05 Å². The fourth-order valence-electron chi connectivity index (χ4n) is 1.70. The summed E-state index contributed by atoms with van der Waals surface area (Å²) in [4.78, 5) is 11.8. The maximum Gasteiger partial charge on any atom is 0.263 e. The summed E-state index contributed by atoms with van der Waals surface area (Å²) in [7, 11) is 1.65. The maximum atomic E-state index is 11.8. The lowest BCUT2D eigenvalue weighted by atomic mass is 10.2. The number of para-hydroxylation sites is 1. The van der Waals surface area contributed by atoms with Gasteiger partial charge in [-0.3, -0.25) is 9.48 Å². The van der Waals surface area contributed by atoms with Crippen molar-refractivity contribution in [2.24, 2.45) is 7.05 Å². The largest absolute Gasteiger partial charge is 0.483 e. The molecule has 1 heterocycles. The van der Waals surface area contributed by atoms with Crippen LogP contribution in [-0.4, -0.2) is 22.3 Å². The molecule has 0 aliphatic carbocycles. The summed E-state index contributed by atoms with van der Waals surface area (Å²) in [6.07, 6.45) is 1.40. The second-order valence-corrected chi connectivity index (χ2v) is 4.24. The van der Waals surface area contributed by atoms with E-state index in [1.165, 1.54) is 10.9 Å². The predicted molar refractivity (Wildman–Crippen MR) is 73.2 cm³/mol. The Hall–Kier alpha value is -2.81. The number of nitrogens with zero attached hydrogens (tertiary/aromatic N) is 3. The molecule has 0 unspecified atom stereocenters. The number of amides is 1. The van der Waals surface area contributed by atoms with E-state index in [4.69, 9.17) is 10.00 Å². The molecule has 20 heavy (non-hydrogen) atoms. The molecule has 0 radical (unpaired) electrons. The summed E-state index contributed by atoms with van der Waals surface area (Å²) in [5.74, 6) is 0.687. The molecule has 1 amide bonds. The third kappa shape index (κ3) is 2.95. The Morgan fingerprint density at radius 3 is 2.95 bits per heavy atom. The van der Waals surface area contributed by atoms with E-state index in [1.54, 1.807) is 13.1 Å². The standard InChI is InChI=1S/C14H14N4O2/c1-10-5-3-4-6-12(10)20-9-13(19)17-14-11(7-15)8-16-18(14)2/h3-6,8H,9H2,1-2H3,(H,17,19). The lowest BCUT2D eigenvalue weighted by molar-refractivity contribution is -0.118. The fraction of sp³-hybridized carbons (Fsp3) is 0.214. The highest BCUT2D eigenvalue weighted by Gasteiger charge is 2.12. The number of nitriles is 1. The van der Waals surface area contributed by atoms with Crippen molar-refractivity contribution in [3.8, 4) is 11.8 Å². The number of carbonyl (C=O) groups is 1. The number of ether oxygens (including phenoxy) is 1. The molecule has 0 saturated heterocycles. The molecule has 0 spiro atoms. The number of anilines is 1. The molecule has 6 nitrogen and oxygen atoms in total. The van der Waals surface area contributed by atoms with Gasteiger partial charge in [0.25, 0.3) is 5.91 Å². The third-order valence-corrected chi connectivity index (χ3v) is 2.77. The van der Waals surface area contributed by atoms with Gasteiger partial charge in [-0.15, -0.1) is 0 Å². The van der Waals surface area contributed by atoms with Crippen LogP contribution in [0.1, 0.15) is 11.1 Å². The molecular formula is C14H14N4O2. The first-order chi connectivity index (χ1) is 9.61. The normalized spacial score (nSPS) is 9.85. The Morgan fingerprint density at radius 2 is 2.25 bits per heavy atom. The number of hydrogen-bond acceptors (Lipinski definition) is 4. The highest BCUT2D eigenvalue weighted by atomic mass is 16.5. The SMILES string of the molecule is Cc1ccccc1OCC(=O)Nc1c(C#N)cnn1C. The minimum Gasteiger partial charge on any atom is -0.483 e. The van der Waals surface area contributed by atoms with Crippen molar-refractivity contribution in [1.29, 1.82) is 5.26 Å². The maximum absolute atomic E-state index is 11.8. The van der Waals surface area contributed by atoms with Crippen LogP contribution in [-0.2, 0) is 11.8 Å². The smallest absolute Gasteiger partial charge is 0.263 e. The number of benzene rings is 1. The molecule has 0 saturated carbocycles. The molecule has 0 bridgehead atoms. The molecule has 0 atom stereocenters. The highest BCUT2D eigenvalue weighted by Crippen LogP contribution is 2.16. The Kier molecular flexibility index (Phi) is 4.01. The van der Waals surface area contributed by atoms with Crippen LogP contribution in [0.2, 0.25) is 0 Å². The van der Waals surface area contributed by atoms with Crippen molar-refractivity contribution in [2.45, 2.75) is 6.92 Å². The van der Waals surface area contributed by atoms with Gasteiger partial charge >= 0.3 is 0 Å². The molecular weight excluding hydrogens is 256 g/mol. The van der Waals surface area contributed by atoms with Crippen LogP contribution in [0, 0.1) is 18.3 Å². The van der Waals surface area contributed by atoms with E-state index in [-0.39, 0.29) is 12.5 Å². The van der Waals surface area contributed by atoms with Gasteiger partial charge in [-0.2, -0.15) is 10.4 Å². The van der Waals surface area contributed by atoms with Gasteiger partial charge in [-0.1, -0.05) is 18.2 Å². The number of nitrogens with one attached hydrogen (secondary N) is 1. The fourth-order valence-corrected chi connectivity index (χ4v) is 1.70. The molecule has 1 N–H and O–H groups in total. The Labute approximate surface area is 116 Å². The summed E-state index contributed by atoms with van der Waals surface area (Å²) < 4.78 is 6.87. The van der Waals surface area contributed by atoms with Crippen molar-refractivity contribution in [3.63, 3.8) is 0 Å². The Bertz CT molecular complexity index is 670. The lowest BCUT2D eigenvalue weighted by Crippen LogP contribution is -2.22. The van der Waals surface area contributed by atoms with Crippen LogP contribution in [0.25, 0.3) is 0 Å². The van der Waals surface area contributed by atoms with Crippen molar-refractivity contribution in [3.05, 3.63) is 41.6 Å². The first kappa shape index (κ1) is 13.6. The zero-order chi connectivity index (χ0) is 14.5. The molecule has 0 fully saturated rings. The first-order valence-electron chi connectivity index (χ1n) is 6.02. The second-order valence-electron chi connectivity index (χ2n) is 4.24. The van der Waals surface area contributed by atoms with Gasteiger partial charge in [-0.25, -0.2) is 0 Å². The summed E-state index contributed by atoms with van der Waals surface area (Å²) in [6.45, 7) is 1.78. The lowest BCUT2D eigenvalue weighted by Gasteiger charge is -2.09. The Balaban J connectivity index is 1.98. The van der Waals surface area contributed by atoms with Crippen LogP contribution in [0.4, 0.5) is 5.82 Å². The molecule has 102 valence electrons. The van der Waals surface area contributed by atoms with E-state index < -0.39 is 0 Å². The average molecular weight is 270 g/mol. The van der Waals surface area contributed by atoms with Gasteiger partial charge in [-0.05, 0) is 18.6 Å². The minimum atomic E-state index is -0.339. The van der Waals surface area contributed by atoms with Crippen molar-refractivity contribution in [1.82, 2.24) is 9.78 Å². The van der Waals surface area contributed by atoms with Crippen LogP contribution in [0.5, 0.6) is 5.75 Å². The number of carbonyl (C=O) groups excluding carboxylic acids is 1. The van der Waals surface area contributed by atoms with Crippen LogP contribution >= 0.6 is 0 Å². The van der Waals surface area contributed by atoms with Crippen LogP contribution in [0.3, 0.4) is 0 Å². The average Bonchev–Trinajstić information content (AvgIpc) is 2.79. The van der Waals surface area contributed by atoms with E-state index in [9.17, 15) is 4.79 Å². The summed E-state index contributed by atoms with van der Waals surface area (Å²) in [5, 5.41) is 15.4. The molecule has 1 aromatic heterocycles. The van der Waals surface area contributed by atoms with Gasteiger partial charge in [0.15, 0.2) is 6.61 Å². The molecule has 2 aromatic rings. The van der Waals surface area contributed by atoms with E-state index in [2.05, 4.69) is 10.4 Å². The van der Waals surface area contributed by atoms with Crippen molar-refractivity contribution in [2.75, 3.05) is 11.9 Å². The number of aromatic nitrogens is 2. The molecule has 2 rings (SSSR count). The van der Waals surface area contributed by atoms with Crippen LogP contribution in [0.15, 0.2) is 30.5 Å². The highest BCUT2D eigenvalue weighted by molar-refractivity contribution is 5.92. The first-order valence-corrected chi connectivity index (χ1v) is 6.02. The summed E-state index contributed by atoms with van der Waals surface area (Å²) in [6, 6.07) is 9.41. The molecule has 6 heteroatoms. The molecule has 0 aliphatic heterocycles. The zero-order valence-electron chi connectivity index (χ0n) is 11.3. The van der Waals surface area contributed by atoms with E-state index in [0.717, 1.165) is 5.56 Å². The van der Waals surface area contributed by atoms with Crippen LogP contribution < -0.4 is 10.1 Å². The van der Waals surface area contributed by atoms with Gasteiger partial charge in [0.2, 0.25) is 0 Å². The molecule has 0 aliphatic rings. The topological polar surface area (TPSA) is 79.9 Å². The van der Waals surface area contributed by atoms with E-state index in [1.807, 2.05) is 31.2 Å². The summed E-state index contributed by atoms with van der Waals surface area (Å²) in [5.41, 5.74) is 1.27. The van der Waals surface area contributed by atoms with Gasteiger partial charge in [0.05, 0.1) is 6.20 Å². The Morgan fingerprint density at radius 1 is 1.50 bits per heavy atom. The monoisotopic (exact) mass is 270 g/mol. The number of aryl methyl sites for hydroxylation is 2. The predicted octanol–water partition coefficient (Wildman–Crippen LogP) is 1.62.